The lowest BCUT2D eigenvalue weighted by atomic mass is 10.2. The van der Waals surface area contributed by atoms with E-state index in [0.29, 0.717) is 5.69 Å². The molecule has 1 aromatic rings. The summed E-state index contributed by atoms with van der Waals surface area (Å²) in [6.45, 7) is 4.43. The van der Waals surface area contributed by atoms with Crippen molar-refractivity contribution in [3.8, 4) is 0 Å². The number of piperazine rings is 1. The Kier molecular flexibility index (Phi) is 2.49. The highest BCUT2D eigenvalue weighted by molar-refractivity contribution is 5.92. The molecule has 0 bridgehead atoms. The first-order valence-corrected chi connectivity index (χ1v) is 4.69. The second kappa shape index (κ2) is 3.79. The second-order valence-electron chi connectivity index (χ2n) is 3.43. The van der Waals surface area contributed by atoms with Crippen molar-refractivity contribution < 1.29 is 9.21 Å². The zero-order valence-corrected chi connectivity index (χ0v) is 8.06. The van der Waals surface area contributed by atoms with E-state index >= 15 is 0 Å². The molecule has 1 N–H and O–H groups in total. The van der Waals surface area contributed by atoms with Crippen molar-refractivity contribution in [1.29, 1.82) is 0 Å². The predicted molar refractivity (Wildman–Crippen MR) is 49.9 cm³/mol. The monoisotopic (exact) mass is 195 g/mol. The summed E-state index contributed by atoms with van der Waals surface area (Å²) in [6, 6.07) is 0.216. The third-order valence-electron chi connectivity index (χ3n) is 2.41. The molecule has 14 heavy (non-hydrogen) atoms. The van der Waals surface area contributed by atoms with Crippen molar-refractivity contribution >= 4 is 5.91 Å². The Morgan fingerprint density at radius 2 is 2.64 bits per heavy atom. The number of nitrogens with zero attached hydrogens (tertiary/aromatic N) is 2. The van der Waals surface area contributed by atoms with Crippen LogP contribution in [0, 0.1) is 0 Å². The molecule has 1 fully saturated rings. The molecular formula is C9H13N3O2. The fraction of sp³-hybridized carbons (Fsp3) is 0.556. The van der Waals surface area contributed by atoms with Crippen LogP contribution < -0.4 is 5.32 Å². The SMILES string of the molecule is C[C@@H]1CNCCN1C(=O)c1cocn1. The van der Waals surface area contributed by atoms with Gasteiger partial charge in [-0.1, -0.05) is 0 Å². The van der Waals surface area contributed by atoms with E-state index in [1.54, 1.807) is 0 Å². The molecule has 1 amide bonds. The number of oxazole rings is 1. The minimum Gasteiger partial charge on any atom is -0.451 e. The summed E-state index contributed by atoms with van der Waals surface area (Å²) in [4.78, 5) is 17.5. The number of aromatic nitrogens is 1. The lowest BCUT2D eigenvalue weighted by Crippen LogP contribution is -2.52. The van der Waals surface area contributed by atoms with Gasteiger partial charge in [0.2, 0.25) is 0 Å². The number of rotatable bonds is 1. The summed E-state index contributed by atoms with van der Waals surface area (Å²) in [7, 11) is 0. The molecule has 0 aromatic carbocycles. The average molecular weight is 195 g/mol. The number of carbonyl (C=O) groups excluding carboxylic acids is 1. The Bertz CT molecular complexity index is 310. The Hall–Kier alpha value is -1.36. The summed E-state index contributed by atoms with van der Waals surface area (Å²) in [6.07, 6.45) is 2.66. The Morgan fingerprint density at radius 3 is 3.29 bits per heavy atom. The van der Waals surface area contributed by atoms with E-state index in [2.05, 4.69) is 10.3 Å². The maximum Gasteiger partial charge on any atom is 0.276 e. The van der Waals surface area contributed by atoms with Crippen LogP contribution in [0.3, 0.4) is 0 Å². The van der Waals surface area contributed by atoms with Gasteiger partial charge in [-0.2, -0.15) is 0 Å². The summed E-state index contributed by atoms with van der Waals surface area (Å²) < 4.78 is 4.79. The largest absolute Gasteiger partial charge is 0.451 e. The van der Waals surface area contributed by atoms with Crippen LogP contribution in [0.4, 0.5) is 0 Å². The van der Waals surface area contributed by atoms with Gasteiger partial charge in [0.15, 0.2) is 12.1 Å². The molecular weight excluding hydrogens is 182 g/mol. The van der Waals surface area contributed by atoms with Crippen LogP contribution in [0.2, 0.25) is 0 Å². The Balaban J connectivity index is 2.10. The number of carbonyl (C=O) groups is 1. The van der Waals surface area contributed by atoms with Crippen molar-refractivity contribution in [2.45, 2.75) is 13.0 Å². The van der Waals surface area contributed by atoms with Gasteiger partial charge in [0.1, 0.15) is 6.26 Å². The maximum absolute atomic E-state index is 11.8. The third-order valence-corrected chi connectivity index (χ3v) is 2.41. The summed E-state index contributed by atoms with van der Waals surface area (Å²) >= 11 is 0. The van der Waals surface area contributed by atoms with Crippen LogP contribution in [-0.4, -0.2) is 41.5 Å². The zero-order chi connectivity index (χ0) is 9.97. The highest BCUT2D eigenvalue weighted by Crippen LogP contribution is 2.08. The van der Waals surface area contributed by atoms with E-state index in [1.807, 2.05) is 11.8 Å². The Labute approximate surface area is 82.1 Å². The normalized spacial score (nSPS) is 22.4. The van der Waals surface area contributed by atoms with E-state index < -0.39 is 0 Å². The van der Waals surface area contributed by atoms with Crippen molar-refractivity contribution in [1.82, 2.24) is 15.2 Å². The fourth-order valence-corrected chi connectivity index (χ4v) is 1.61. The molecule has 2 heterocycles. The van der Waals surface area contributed by atoms with Gasteiger partial charge in [0.25, 0.3) is 5.91 Å². The third kappa shape index (κ3) is 1.63. The molecule has 1 aromatic heterocycles. The highest BCUT2D eigenvalue weighted by Gasteiger charge is 2.25. The van der Waals surface area contributed by atoms with Gasteiger partial charge < -0.3 is 14.6 Å². The molecule has 0 aliphatic carbocycles. The topological polar surface area (TPSA) is 58.4 Å². The van der Waals surface area contributed by atoms with Crippen LogP contribution in [0.5, 0.6) is 0 Å². The van der Waals surface area contributed by atoms with Gasteiger partial charge in [-0.15, -0.1) is 0 Å². The first-order valence-electron chi connectivity index (χ1n) is 4.69. The summed E-state index contributed by atoms with van der Waals surface area (Å²) in [5.41, 5.74) is 0.388. The summed E-state index contributed by atoms with van der Waals surface area (Å²) in [5, 5.41) is 3.23. The van der Waals surface area contributed by atoms with Gasteiger partial charge >= 0.3 is 0 Å². The second-order valence-corrected chi connectivity index (χ2v) is 3.43. The zero-order valence-electron chi connectivity index (χ0n) is 8.06. The number of hydrogen-bond donors (Lipinski definition) is 1. The van der Waals surface area contributed by atoms with Gasteiger partial charge in [-0.05, 0) is 6.92 Å². The molecule has 0 spiro atoms. The molecule has 5 heteroatoms. The smallest absolute Gasteiger partial charge is 0.276 e. The number of hydrogen-bond acceptors (Lipinski definition) is 4. The van der Waals surface area contributed by atoms with E-state index in [9.17, 15) is 4.79 Å². The molecule has 0 radical (unpaired) electrons. The van der Waals surface area contributed by atoms with Crippen molar-refractivity contribution in [3.05, 3.63) is 18.4 Å². The van der Waals surface area contributed by atoms with E-state index in [-0.39, 0.29) is 11.9 Å². The standard InChI is InChI=1S/C9H13N3O2/c1-7-4-10-2-3-12(7)9(13)8-5-14-6-11-8/h5-7,10H,2-4H2,1H3/t7-/m1/s1. The summed E-state index contributed by atoms with van der Waals surface area (Å²) in [5.74, 6) is -0.0484. The lowest BCUT2D eigenvalue weighted by molar-refractivity contribution is 0.0649. The van der Waals surface area contributed by atoms with Gasteiger partial charge in [-0.25, -0.2) is 4.98 Å². The van der Waals surface area contributed by atoms with Crippen molar-refractivity contribution in [2.24, 2.45) is 0 Å². The molecule has 1 saturated heterocycles. The molecule has 76 valence electrons. The molecule has 1 atom stereocenters. The fourth-order valence-electron chi connectivity index (χ4n) is 1.61. The van der Waals surface area contributed by atoms with Crippen LogP contribution in [0.15, 0.2) is 17.1 Å². The molecule has 1 aliphatic rings. The van der Waals surface area contributed by atoms with Crippen LogP contribution in [0.25, 0.3) is 0 Å². The van der Waals surface area contributed by atoms with E-state index in [1.165, 1.54) is 12.7 Å². The lowest BCUT2D eigenvalue weighted by Gasteiger charge is -2.33. The van der Waals surface area contributed by atoms with E-state index in [4.69, 9.17) is 4.42 Å². The van der Waals surface area contributed by atoms with Gasteiger partial charge in [-0.3, -0.25) is 4.79 Å². The highest BCUT2D eigenvalue weighted by atomic mass is 16.3. The maximum atomic E-state index is 11.8. The van der Waals surface area contributed by atoms with Crippen LogP contribution in [0.1, 0.15) is 17.4 Å². The molecule has 5 nitrogen and oxygen atoms in total. The Morgan fingerprint density at radius 1 is 1.79 bits per heavy atom. The van der Waals surface area contributed by atoms with Gasteiger partial charge in [0.05, 0.1) is 0 Å². The predicted octanol–water partition coefficient (Wildman–Crippen LogP) is 0.108. The quantitative estimate of drug-likeness (QED) is 0.691. The minimum atomic E-state index is -0.0484. The molecule has 1 aliphatic heterocycles. The molecule has 0 saturated carbocycles. The average Bonchev–Trinajstić information content (AvgIpc) is 2.70. The number of nitrogens with one attached hydrogen (secondary N) is 1. The van der Waals surface area contributed by atoms with E-state index in [0.717, 1.165) is 19.6 Å². The minimum absolute atomic E-state index is 0.0484. The first kappa shape index (κ1) is 9.21. The van der Waals surface area contributed by atoms with Crippen molar-refractivity contribution in [3.63, 3.8) is 0 Å². The van der Waals surface area contributed by atoms with Crippen LogP contribution >= 0.6 is 0 Å². The first-order chi connectivity index (χ1) is 6.79. The van der Waals surface area contributed by atoms with Crippen molar-refractivity contribution in [2.75, 3.05) is 19.6 Å². The van der Waals surface area contributed by atoms with Gasteiger partial charge in [0, 0.05) is 25.7 Å². The number of amides is 1. The van der Waals surface area contributed by atoms with Crippen LogP contribution in [-0.2, 0) is 0 Å². The molecule has 2 rings (SSSR count). The molecule has 0 unspecified atom stereocenters.